The lowest BCUT2D eigenvalue weighted by Gasteiger charge is -2.15. The molecule has 32 heavy (non-hydrogen) atoms. The van der Waals surface area contributed by atoms with Gasteiger partial charge in [0.05, 0.1) is 14.2 Å². The van der Waals surface area contributed by atoms with Crippen LogP contribution in [0.25, 0.3) is 0 Å². The Bertz CT molecular complexity index is 1130. The highest BCUT2D eigenvalue weighted by atomic mass is 16.5. The Balaban J connectivity index is 1.69. The fourth-order valence-corrected chi connectivity index (χ4v) is 3.65. The molecule has 0 bridgehead atoms. The standard InChI is InChI=1S/C25H23N3O4/c1-31-20-12-8-17(9-13-20)16-28-23(18-10-14-21(32-2)15-11-18)22(25(30)27-28)26-24(29)19-6-4-3-5-7-19/h3-16,22-23H,1-2H3,(H-,26,27,29,30)/p+1/b28-16-/t22-,23+/m1/s1. The van der Waals surface area contributed by atoms with Crippen molar-refractivity contribution < 1.29 is 23.7 Å². The van der Waals surface area contributed by atoms with E-state index in [1.165, 1.54) is 0 Å². The number of ether oxygens (including phenoxy) is 2. The fourth-order valence-electron chi connectivity index (χ4n) is 3.65. The number of hydrazine groups is 1. The van der Waals surface area contributed by atoms with Gasteiger partial charge in [-0.15, -0.1) is 10.1 Å². The SMILES string of the molecule is COc1ccc(/C=[N+]2\NC(=O)[C@H](NC(=O)c3ccccc3)[C@@H]2c2ccc(OC)cc2)cc1. The summed E-state index contributed by atoms with van der Waals surface area (Å²) in [6.07, 6.45) is 1.83. The van der Waals surface area contributed by atoms with Crippen LogP contribution in [0.15, 0.2) is 78.9 Å². The Morgan fingerprint density at radius 2 is 1.50 bits per heavy atom. The molecule has 7 heteroatoms. The average Bonchev–Trinajstić information content (AvgIpc) is 3.14. The third-order valence-electron chi connectivity index (χ3n) is 5.32. The predicted octanol–water partition coefficient (Wildman–Crippen LogP) is 2.72. The molecule has 0 radical (unpaired) electrons. The first kappa shape index (κ1) is 21.1. The number of amides is 2. The minimum absolute atomic E-state index is 0.292. The van der Waals surface area contributed by atoms with Gasteiger partial charge in [0.1, 0.15) is 11.5 Å². The van der Waals surface area contributed by atoms with Crippen LogP contribution in [0, 0.1) is 0 Å². The van der Waals surface area contributed by atoms with E-state index >= 15 is 0 Å². The van der Waals surface area contributed by atoms with Crippen LogP contribution in [0.1, 0.15) is 27.5 Å². The van der Waals surface area contributed by atoms with Crippen molar-refractivity contribution in [3.05, 3.63) is 95.6 Å². The number of nitrogens with zero attached hydrogens (tertiary/aromatic N) is 1. The van der Waals surface area contributed by atoms with Crippen LogP contribution in [-0.4, -0.2) is 43.0 Å². The van der Waals surface area contributed by atoms with Crippen molar-refractivity contribution >= 4 is 18.0 Å². The molecule has 3 aromatic carbocycles. The number of benzene rings is 3. The number of carbonyl (C=O) groups is 2. The van der Waals surface area contributed by atoms with E-state index in [4.69, 9.17) is 9.47 Å². The summed E-state index contributed by atoms with van der Waals surface area (Å²) in [4.78, 5) is 25.7. The van der Waals surface area contributed by atoms with Gasteiger partial charge < -0.3 is 14.8 Å². The highest BCUT2D eigenvalue weighted by Gasteiger charge is 2.47. The van der Waals surface area contributed by atoms with Crippen LogP contribution in [0.5, 0.6) is 11.5 Å². The molecule has 162 valence electrons. The summed E-state index contributed by atoms with van der Waals surface area (Å²) in [5.74, 6) is 0.851. The molecular weight excluding hydrogens is 406 g/mol. The topological polar surface area (TPSA) is 79.7 Å². The first-order chi connectivity index (χ1) is 15.6. The lowest BCUT2D eigenvalue weighted by molar-refractivity contribution is -0.596. The summed E-state index contributed by atoms with van der Waals surface area (Å²) in [6.45, 7) is 0. The van der Waals surface area contributed by atoms with E-state index in [1.807, 2.05) is 60.8 Å². The van der Waals surface area contributed by atoms with E-state index < -0.39 is 12.1 Å². The zero-order valence-corrected chi connectivity index (χ0v) is 17.8. The number of nitrogens with one attached hydrogen (secondary N) is 2. The lowest BCUT2D eigenvalue weighted by Crippen LogP contribution is -2.42. The van der Waals surface area contributed by atoms with Gasteiger partial charge in [-0.1, -0.05) is 18.2 Å². The summed E-state index contributed by atoms with van der Waals surface area (Å²) >= 11 is 0. The zero-order valence-electron chi connectivity index (χ0n) is 17.8. The molecule has 1 fully saturated rings. The third-order valence-corrected chi connectivity index (χ3v) is 5.32. The van der Waals surface area contributed by atoms with E-state index in [9.17, 15) is 9.59 Å². The van der Waals surface area contributed by atoms with E-state index in [1.54, 1.807) is 43.2 Å². The van der Waals surface area contributed by atoms with E-state index in [2.05, 4.69) is 10.7 Å². The molecule has 2 amide bonds. The molecule has 0 unspecified atom stereocenters. The Labute approximate surface area is 186 Å². The monoisotopic (exact) mass is 430 g/mol. The van der Waals surface area contributed by atoms with E-state index in [0.29, 0.717) is 11.3 Å². The predicted molar refractivity (Wildman–Crippen MR) is 120 cm³/mol. The number of carbonyl (C=O) groups excluding carboxylic acids is 2. The molecule has 1 heterocycles. The maximum Gasteiger partial charge on any atom is 0.304 e. The summed E-state index contributed by atoms with van der Waals surface area (Å²) in [6, 6.07) is 22.5. The molecular formula is C25H24N3O4+. The largest absolute Gasteiger partial charge is 0.497 e. The van der Waals surface area contributed by atoms with E-state index in [0.717, 1.165) is 16.9 Å². The second-order valence-corrected chi connectivity index (χ2v) is 7.32. The quantitative estimate of drug-likeness (QED) is 0.590. The zero-order chi connectivity index (χ0) is 22.5. The van der Waals surface area contributed by atoms with Crippen molar-refractivity contribution in [2.45, 2.75) is 12.1 Å². The fraction of sp³-hybridized carbons (Fsp3) is 0.160. The highest BCUT2D eigenvalue weighted by Crippen LogP contribution is 2.27. The van der Waals surface area contributed by atoms with Gasteiger partial charge in [-0.2, -0.15) is 0 Å². The third kappa shape index (κ3) is 4.46. The number of hydrogen-bond acceptors (Lipinski definition) is 4. The lowest BCUT2D eigenvalue weighted by atomic mass is 9.99. The average molecular weight is 430 g/mol. The second kappa shape index (κ2) is 9.34. The van der Waals surface area contributed by atoms with Gasteiger partial charge in [-0.25, -0.2) is 0 Å². The molecule has 0 spiro atoms. The van der Waals surface area contributed by atoms with Gasteiger partial charge >= 0.3 is 5.91 Å². The summed E-state index contributed by atoms with van der Waals surface area (Å²) in [5.41, 5.74) is 5.10. The summed E-state index contributed by atoms with van der Waals surface area (Å²) < 4.78 is 12.2. The molecule has 3 aromatic rings. The van der Waals surface area contributed by atoms with Gasteiger partial charge in [0, 0.05) is 16.7 Å². The molecule has 1 saturated heterocycles. The molecule has 0 saturated carbocycles. The maximum atomic E-state index is 12.9. The van der Waals surface area contributed by atoms with E-state index in [-0.39, 0.29) is 11.8 Å². The minimum atomic E-state index is -0.786. The molecule has 1 aliphatic rings. The normalized spacial score (nSPS) is 18.8. The van der Waals surface area contributed by atoms with Crippen LogP contribution in [0.2, 0.25) is 0 Å². The smallest absolute Gasteiger partial charge is 0.304 e. The Kier molecular flexibility index (Phi) is 6.17. The molecule has 7 nitrogen and oxygen atoms in total. The molecule has 0 aromatic heterocycles. The number of methoxy groups -OCH3 is 2. The molecule has 4 rings (SSSR count). The van der Waals surface area contributed by atoms with Crippen molar-refractivity contribution in [1.82, 2.24) is 10.7 Å². The van der Waals surface area contributed by atoms with Crippen LogP contribution in [-0.2, 0) is 4.79 Å². The van der Waals surface area contributed by atoms with Crippen molar-refractivity contribution in [3.8, 4) is 11.5 Å². The van der Waals surface area contributed by atoms with Crippen LogP contribution in [0.4, 0.5) is 0 Å². The van der Waals surface area contributed by atoms with Crippen LogP contribution in [0.3, 0.4) is 0 Å². The van der Waals surface area contributed by atoms with Gasteiger partial charge in [0.2, 0.25) is 12.3 Å². The van der Waals surface area contributed by atoms with Crippen molar-refractivity contribution in [2.75, 3.05) is 14.2 Å². The maximum absolute atomic E-state index is 12.9. The molecule has 2 N–H and O–H groups in total. The van der Waals surface area contributed by atoms with Crippen LogP contribution >= 0.6 is 0 Å². The summed E-state index contributed by atoms with van der Waals surface area (Å²) in [5, 5.41) is 2.89. The second-order valence-electron chi connectivity index (χ2n) is 7.32. The molecule has 0 aliphatic carbocycles. The first-order valence-corrected chi connectivity index (χ1v) is 10.2. The van der Waals surface area contributed by atoms with Gasteiger partial charge in [-0.3, -0.25) is 9.59 Å². The number of hydrazone groups is 1. The number of hydrogen-bond donors (Lipinski definition) is 2. The van der Waals surface area contributed by atoms with Gasteiger partial charge in [-0.05, 0) is 60.7 Å². The summed E-state index contributed by atoms with van der Waals surface area (Å²) in [7, 11) is 3.21. The Morgan fingerprint density at radius 3 is 2.09 bits per heavy atom. The number of rotatable bonds is 6. The molecule has 1 aliphatic heterocycles. The molecule has 2 atom stereocenters. The van der Waals surface area contributed by atoms with Gasteiger partial charge in [0.15, 0.2) is 6.04 Å². The van der Waals surface area contributed by atoms with Gasteiger partial charge in [0.25, 0.3) is 5.91 Å². The Hall–Kier alpha value is -4.13. The minimum Gasteiger partial charge on any atom is -0.497 e. The Morgan fingerprint density at radius 1 is 0.906 bits per heavy atom. The van der Waals surface area contributed by atoms with Crippen LogP contribution < -0.4 is 20.2 Å². The first-order valence-electron chi connectivity index (χ1n) is 10.2. The van der Waals surface area contributed by atoms with Crippen molar-refractivity contribution in [1.29, 1.82) is 0 Å². The van der Waals surface area contributed by atoms with Crippen molar-refractivity contribution in [3.63, 3.8) is 0 Å². The highest BCUT2D eigenvalue weighted by molar-refractivity contribution is 5.98. The van der Waals surface area contributed by atoms with Crippen molar-refractivity contribution in [2.24, 2.45) is 0 Å².